The molecule has 0 saturated carbocycles. The van der Waals surface area contributed by atoms with Crippen LogP contribution >= 0.6 is 0 Å². The molecule has 0 spiro atoms. The summed E-state index contributed by atoms with van der Waals surface area (Å²) < 4.78 is 0. The fraction of sp³-hybridized carbons (Fsp3) is 0.300. The summed E-state index contributed by atoms with van der Waals surface area (Å²) >= 11 is 0. The topological polar surface area (TPSA) is 102 Å². The maximum absolute atomic E-state index is 12.6. The second-order valence-corrected chi connectivity index (χ2v) is 6.46. The number of imide groups is 1. The molecule has 1 aliphatic rings. The molecule has 0 bridgehead atoms. The second kappa shape index (κ2) is 8.20. The molecule has 142 valence electrons. The van der Waals surface area contributed by atoms with Crippen molar-refractivity contribution in [2.24, 2.45) is 0 Å². The van der Waals surface area contributed by atoms with E-state index in [2.05, 4.69) is 10.6 Å². The van der Waals surface area contributed by atoms with Crippen LogP contribution in [0.4, 0.5) is 10.5 Å². The van der Waals surface area contributed by atoms with E-state index in [1.165, 1.54) is 0 Å². The molecular formula is C20H23N3O4. The van der Waals surface area contributed by atoms with Gasteiger partial charge in [-0.3, -0.25) is 10.1 Å². The average molecular weight is 369 g/mol. The average Bonchev–Trinajstić information content (AvgIpc) is 2.97. The van der Waals surface area contributed by atoms with Gasteiger partial charge < -0.3 is 20.4 Å². The highest BCUT2D eigenvalue weighted by molar-refractivity contribution is 6.07. The van der Waals surface area contributed by atoms with Crippen molar-refractivity contribution in [2.75, 3.05) is 31.2 Å². The zero-order valence-corrected chi connectivity index (χ0v) is 14.9. The molecule has 0 aliphatic carbocycles. The van der Waals surface area contributed by atoms with Crippen molar-refractivity contribution >= 4 is 17.6 Å². The summed E-state index contributed by atoms with van der Waals surface area (Å²) in [7, 11) is 0. The van der Waals surface area contributed by atoms with Crippen LogP contribution in [0.5, 0.6) is 0 Å². The molecule has 1 fully saturated rings. The van der Waals surface area contributed by atoms with Gasteiger partial charge in [0.25, 0.3) is 5.91 Å². The van der Waals surface area contributed by atoms with E-state index >= 15 is 0 Å². The van der Waals surface area contributed by atoms with Crippen molar-refractivity contribution in [2.45, 2.75) is 12.0 Å². The summed E-state index contributed by atoms with van der Waals surface area (Å²) in [5.41, 5.74) is 1.33. The van der Waals surface area contributed by atoms with Gasteiger partial charge in [0.05, 0.1) is 13.2 Å². The van der Waals surface area contributed by atoms with E-state index < -0.39 is 11.6 Å². The molecule has 1 heterocycles. The zero-order valence-electron chi connectivity index (χ0n) is 14.9. The number of anilines is 1. The summed E-state index contributed by atoms with van der Waals surface area (Å²) in [6.07, 6.45) is 0.314. The predicted octanol–water partition coefficient (Wildman–Crippen LogP) is 0.755. The van der Waals surface area contributed by atoms with Crippen LogP contribution < -0.4 is 15.5 Å². The Hall–Kier alpha value is -2.90. The molecule has 3 amide bonds. The molecule has 7 heteroatoms. The van der Waals surface area contributed by atoms with Crippen LogP contribution in [0.25, 0.3) is 0 Å². The molecule has 1 atom stereocenters. The van der Waals surface area contributed by atoms with Gasteiger partial charge in [0.1, 0.15) is 0 Å². The van der Waals surface area contributed by atoms with Crippen molar-refractivity contribution in [1.82, 2.24) is 10.6 Å². The second-order valence-electron chi connectivity index (χ2n) is 6.46. The van der Waals surface area contributed by atoms with Crippen LogP contribution in [0.2, 0.25) is 0 Å². The first-order chi connectivity index (χ1) is 13.1. The Balaban J connectivity index is 1.87. The molecule has 2 aromatic carbocycles. The number of urea groups is 1. The maximum Gasteiger partial charge on any atom is 0.322 e. The number of amides is 3. The van der Waals surface area contributed by atoms with Gasteiger partial charge in [-0.25, -0.2) is 4.79 Å². The molecule has 1 aliphatic heterocycles. The van der Waals surface area contributed by atoms with Crippen LogP contribution in [0.15, 0.2) is 54.6 Å². The molecular weight excluding hydrogens is 346 g/mol. The number of nitrogens with one attached hydrogen (secondary N) is 2. The van der Waals surface area contributed by atoms with E-state index in [9.17, 15) is 19.8 Å². The van der Waals surface area contributed by atoms with Gasteiger partial charge in [-0.1, -0.05) is 42.5 Å². The molecule has 27 heavy (non-hydrogen) atoms. The molecule has 3 rings (SSSR count). The Morgan fingerprint density at radius 1 is 0.889 bits per heavy atom. The van der Waals surface area contributed by atoms with Crippen LogP contribution in [0, 0.1) is 0 Å². The number of benzene rings is 2. The first kappa shape index (κ1) is 18.9. The van der Waals surface area contributed by atoms with Crippen molar-refractivity contribution in [1.29, 1.82) is 0 Å². The van der Waals surface area contributed by atoms with E-state index in [0.717, 1.165) is 16.8 Å². The lowest BCUT2D eigenvalue weighted by Crippen LogP contribution is -2.45. The quantitative estimate of drug-likeness (QED) is 0.515. The fourth-order valence-electron chi connectivity index (χ4n) is 3.39. The number of hydrogen-bond donors (Lipinski definition) is 4. The summed E-state index contributed by atoms with van der Waals surface area (Å²) in [5.74, 6) is -0.370. The smallest absolute Gasteiger partial charge is 0.322 e. The molecule has 0 radical (unpaired) electrons. The number of carbonyl (C=O) groups excluding carboxylic acids is 2. The van der Waals surface area contributed by atoms with E-state index in [0.29, 0.717) is 19.5 Å². The monoisotopic (exact) mass is 369 g/mol. The third-order valence-electron chi connectivity index (χ3n) is 4.72. The molecule has 1 saturated heterocycles. The Kier molecular flexibility index (Phi) is 5.73. The van der Waals surface area contributed by atoms with Crippen LogP contribution in [0.1, 0.15) is 11.1 Å². The minimum atomic E-state index is -1.14. The molecule has 2 aromatic rings. The largest absolute Gasteiger partial charge is 0.395 e. The van der Waals surface area contributed by atoms with Crippen molar-refractivity contribution in [3.63, 3.8) is 0 Å². The lowest BCUT2D eigenvalue weighted by atomic mass is 9.84. The number of carbonyl (C=O) groups is 2. The molecule has 4 N–H and O–H groups in total. The maximum atomic E-state index is 12.6. The number of aliphatic hydroxyl groups is 2. The lowest BCUT2D eigenvalue weighted by molar-refractivity contribution is -0.124. The predicted molar refractivity (Wildman–Crippen MR) is 101 cm³/mol. The van der Waals surface area contributed by atoms with Gasteiger partial charge in [-0.2, -0.15) is 0 Å². The summed E-state index contributed by atoms with van der Waals surface area (Å²) in [6.45, 7) is 0.828. The number of rotatable bonds is 8. The number of nitrogens with zero attached hydrogens (tertiary/aromatic N) is 1. The van der Waals surface area contributed by atoms with E-state index in [1.54, 1.807) is 0 Å². The normalized spacial score (nSPS) is 18.9. The summed E-state index contributed by atoms with van der Waals surface area (Å²) in [5, 5.41) is 23.5. The van der Waals surface area contributed by atoms with Crippen molar-refractivity contribution in [3.8, 4) is 0 Å². The van der Waals surface area contributed by atoms with Gasteiger partial charge in [-0.05, 0) is 23.3 Å². The van der Waals surface area contributed by atoms with Crippen LogP contribution in [-0.2, 0) is 16.8 Å². The standard InChI is InChI=1S/C20H23N3O4/c24-12-10-23(11-13-25)17-8-6-15(7-9-17)14-20(16-4-2-1-3-5-16)18(26)21-19(27)22-20/h1-9,24-25H,10-14H2,(H2,21,22,26,27)/t20-/m0/s1. The van der Waals surface area contributed by atoms with Gasteiger partial charge in [0.15, 0.2) is 5.54 Å². The molecule has 0 aromatic heterocycles. The van der Waals surface area contributed by atoms with Crippen LogP contribution in [0.3, 0.4) is 0 Å². The van der Waals surface area contributed by atoms with Gasteiger partial charge in [0.2, 0.25) is 0 Å². The van der Waals surface area contributed by atoms with Crippen molar-refractivity contribution in [3.05, 3.63) is 65.7 Å². The summed E-state index contributed by atoms with van der Waals surface area (Å²) in [4.78, 5) is 26.3. The number of hydrogen-bond acceptors (Lipinski definition) is 5. The number of aliphatic hydroxyl groups excluding tert-OH is 2. The fourth-order valence-corrected chi connectivity index (χ4v) is 3.39. The van der Waals surface area contributed by atoms with Gasteiger partial charge >= 0.3 is 6.03 Å². The summed E-state index contributed by atoms with van der Waals surface area (Å²) in [6, 6.07) is 16.2. The first-order valence-corrected chi connectivity index (χ1v) is 8.84. The first-order valence-electron chi connectivity index (χ1n) is 8.84. The van der Waals surface area contributed by atoms with E-state index in [1.807, 2.05) is 59.5 Å². The third kappa shape index (κ3) is 3.94. The Morgan fingerprint density at radius 3 is 2.04 bits per heavy atom. The Bertz CT molecular complexity index is 789. The highest BCUT2D eigenvalue weighted by atomic mass is 16.3. The van der Waals surface area contributed by atoms with Gasteiger partial charge in [-0.15, -0.1) is 0 Å². The third-order valence-corrected chi connectivity index (χ3v) is 4.72. The van der Waals surface area contributed by atoms with Crippen LogP contribution in [-0.4, -0.2) is 48.5 Å². The Morgan fingerprint density at radius 2 is 1.52 bits per heavy atom. The minimum Gasteiger partial charge on any atom is -0.395 e. The highest BCUT2D eigenvalue weighted by Gasteiger charge is 2.47. The van der Waals surface area contributed by atoms with E-state index in [4.69, 9.17) is 0 Å². The van der Waals surface area contributed by atoms with Gasteiger partial charge in [0, 0.05) is 25.2 Å². The SMILES string of the molecule is O=C1NC(=O)[C@](Cc2ccc(N(CCO)CCO)cc2)(c2ccccc2)N1. The van der Waals surface area contributed by atoms with E-state index in [-0.39, 0.29) is 19.1 Å². The van der Waals surface area contributed by atoms with Crippen molar-refractivity contribution < 1.29 is 19.8 Å². The molecule has 0 unspecified atom stereocenters. The zero-order chi connectivity index (χ0) is 19.3. The highest BCUT2D eigenvalue weighted by Crippen LogP contribution is 2.30. The Labute approximate surface area is 157 Å². The molecule has 7 nitrogen and oxygen atoms in total. The lowest BCUT2D eigenvalue weighted by Gasteiger charge is -2.27. The minimum absolute atomic E-state index is 0.00886.